The fourth-order valence-electron chi connectivity index (χ4n) is 1.04. The van der Waals surface area contributed by atoms with Gasteiger partial charge in [0, 0.05) is 11.4 Å². The molecule has 0 fully saturated rings. The van der Waals surface area contributed by atoms with Gasteiger partial charge in [0.1, 0.15) is 0 Å². The first-order valence-electron chi connectivity index (χ1n) is 4.75. The van der Waals surface area contributed by atoms with Crippen molar-refractivity contribution in [1.29, 1.82) is 0 Å². The maximum Gasteiger partial charge on any atom is 0.234 e. The maximum absolute atomic E-state index is 11.4. The second-order valence-corrected chi connectivity index (χ2v) is 4.35. The van der Waals surface area contributed by atoms with Crippen LogP contribution in [0.3, 0.4) is 0 Å². The predicted molar refractivity (Wildman–Crippen MR) is 67.2 cm³/mol. The molecular formula is C12H15NOS. The van der Waals surface area contributed by atoms with Crippen LogP contribution in [-0.4, -0.2) is 17.4 Å². The smallest absolute Gasteiger partial charge is 0.234 e. The molecule has 0 heterocycles. The molecule has 0 aliphatic heterocycles. The van der Waals surface area contributed by atoms with E-state index in [1.54, 1.807) is 11.8 Å². The molecule has 0 atom stereocenters. The Kier molecular flexibility index (Phi) is 4.98. The molecule has 1 aromatic rings. The number of carbonyl (C=O) groups excluding carboxylic acids is 1. The third kappa shape index (κ3) is 5.27. The van der Waals surface area contributed by atoms with Gasteiger partial charge in [-0.05, 0) is 19.1 Å². The predicted octanol–water partition coefficient (Wildman–Crippen LogP) is 2.93. The summed E-state index contributed by atoms with van der Waals surface area (Å²) in [6.07, 6.45) is 0. The Labute approximate surface area is 94.8 Å². The van der Waals surface area contributed by atoms with Gasteiger partial charge in [0.15, 0.2) is 0 Å². The van der Waals surface area contributed by atoms with Crippen molar-refractivity contribution in [3.05, 3.63) is 42.5 Å². The van der Waals surface area contributed by atoms with E-state index < -0.39 is 0 Å². The Morgan fingerprint density at radius 1 is 1.33 bits per heavy atom. The lowest BCUT2D eigenvalue weighted by Gasteiger charge is -2.04. The molecule has 0 aliphatic carbocycles. The summed E-state index contributed by atoms with van der Waals surface area (Å²) in [5, 5.41) is 2.83. The highest BCUT2D eigenvalue weighted by Crippen LogP contribution is 2.08. The molecule has 0 saturated carbocycles. The van der Waals surface area contributed by atoms with E-state index in [0.29, 0.717) is 5.75 Å². The highest BCUT2D eigenvalue weighted by atomic mass is 32.2. The summed E-state index contributed by atoms with van der Waals surface area (Å²) in [6.45, 7) is 5.74. The number of thioether (sulfide) groups is 1. The van der Waals surface area contributed by atoms with Gasteiger partial charge in [-0.15, -0.1) is 11.8 Å². The first-order chi connectivity index (χ1) is 7.18. The number of hydrogen-bond acceptors (Lipinski definition) is 2. The molecule has 0 radical (unpaired) electrons. The van der Waals surface area contributed by atoms with Crippen LogP contribution in [0.2, 0.25) is 0 Å². The van der Waals surface area contributed by atoms with Gasteiger partial charge in [0.2, 0.25) is 5.91 Å². The first-order valence-corrected chi connectivity index (χ1v) is 5.91. The fraction of sp³-hybridized carbons (Fsp3) is 0.250. The van der Waals surface area contributed by atoms with Gasteiger partial charge in [-0.3, -0.25) is 4.79 Å². The number of hydrogen-bond donors (Lipinski definition) is 1. The second kappa shape index (κ2) is 6.30. The van der Waals surface area contributed by atoms with Crippen LogP contribution in [0.5, 0.6) is 0 Å². The van der Waals surface area contributed by atoms with Gasteiger partial charge in [0.05, 0.1) is 5.75 Å². The molecule has 0 spiro atoms. The zero-order valence-electron chi connectivity index (χ0n) is 8.82. The van der Waals surface area contributed by atoms with Crippen LogP contribution in [0.4, 0.5) is 5.69 Å². The third-order valence-electron chi connectivity index (χ3n) is 1.64. The SMILES string of the molecule is C=C(C)CSCC(=O)Nc1ccccc1. The first kappa shape index (κ1) is 11.9. The molecule has 0 aliphatic rings. The van der Waals surface area contributed by atoms with Crippen LogP contribution in [-0.2, 0) is 4.79 Å². The highest BCUT2D eigenvalue weighted by molar-refractivity contribution is 8.00. The van der Waals surface area contributed by atoms with Crippen molar-refractivity contribution >= 4 is 23.4 Å². The van der Waals surface area contributed by atoms with Gasteiger partial charge in [-0.25, -0.2) is 0 Å². The van der Waals surface area contributed by atoms with Gasteiger partial charge in [-0.2, -0.15) is 0 Å². The summed E-state index contributed by atoms with van der Waals surface area (Å²) in [5.74, 6) is 1.34. The normalized spacial score (nSPS) is 9.67. The molecule has 80 valence electrons. The summed E-state index contributed by atoms with van der Waals surface area (Å²) in [4.78, 5) is 11.4. The van der Waals surface area contributed by atoms with E-state index in [9.17, 15) is 4.79 Å². The van der Waals surface area contributed by atoms with E-state index in [1.807, 2.05) is 37.3 Å². The number of carbonyl (C=O) groups is 1. The lowest BCUT2D eigenvalue weighted by Crippen LogP contribution is -2.14. The molecule has 1 N–H and O–H groups in total. The number of nitrogens with one attached hydrogen (secondary N) is 1. The van der Waals surface area contributed by atoms with E-state index in [2.05, 4.69) is 11.9 Å². The van der Waals surface area contributed by atoms with Gasteiger partial charge in [0.25, 0.3) is 0 Å². The fourth-order valence-corrected chi connectivity index (χ4v) is 1.74. The molecule has 1 aromatic carbocycles. The van der Waals surface area contributed by atoms with Crippen LogP contribution in [0.1, 0.15) is 6.92 Å². The maximum atomic E-state index is 11.4. The molecule has 2 nitrogen and oxygen atoms in total. The minimum atomic E-state index is 0.0347. The van der Waals surface area contributed by atoms with Crippen molar-refractivity contribution in [1.82, 2.24) is 0 Å². The second-order valence-electron chi connectivity index (χ2n) is 3.36. The average molecular weight is 221 g/mol. The molecular weight excluding hydrogens is 206 g/mol. The topological polar surface area (TPSA) is 29.1 Å². The van der Waals surface area contributed by atoms with Crippen molar-refractivity contribution in [3.8, 4) is 0 Å². The quantitative estimate of drug-likeness (QED) is 0.775. The minimum Gasteiger partial charge on any atom is -0.325 e. The van der Waals surface area contributed by atoms with E-state index in [-0.39, 0.29) is 5.91 Å². The van der Waals surface area contributed by atoms with Gasteiger partial charge in [-0.1, -0.05) is 30.4 Å². The van der Waals surface area contributed by atoms with Crippen molar-refractivity contribution in [3.63, 3.8) is 0 Å². The summed E-state index contributed by atoms with van der Waals surface area (Å²) >= 11 is 1.58. The molecule has 0 bridgehead atoms. The lowest BCUT2D eigenvalue weighted by molar-refractivity contribution is -0.113. The molecule has 1 rings (SSSR count). The van der Waals surface area contributed by atoms with Crippen LogP contribution < -0.4 is 5.32 Å². The summed E-state index contributed by atoms with van der Waals surface area (Å²) in [7, 11) is 0. The zero-order valence-corrected chi connectivity index (χ0v) is 9.64. The van der Waals surface area contributed by atoms with Crippen molar-refractivity contribution in [2.75, 3.05) is 16.8 Å². The number of para-hydroxylation sites is 1. The Balaban J connectivity index is 2.28. The Bertz CT molecular complexity index is 335. The molecule has 0 saturated heterocycles. The minimum absolute atomic E-state index is 0.0347. The molecule has 0 unspecified atom stereocenters. The van der Waals surface area contributed by atoms with E-state index in [0.717, 1.165) is 17.0 Å². The van der Waals surface area contributed by atoms with Crippen LogP contribution >= 0.6 is 11.8 Å². The standard InChI is InChI=1S/C12H15NOS/c1-10(2)8-15-9-12(14)13-11-6-4-3-5-7-11/h3-7H,1,8-9H2,2H3,(H,13,14). The summed E-state index contributed by atoms with van der Waals surface area (Å²) in [6, 6.07) is 9.47. The molecule has 1 amide bonds. The van der Waals surface area contributed by atoms with Gasteiger partial charge >= 0.3 is 0 Å². The third-order valence-corrected chi connectivity index (χ3v) is 2.80. The van der Waals surface area contributed by atoms with E-state index >= 15 is 0 Å². The number of amides is 1. The Hall–Kier alpha value is -1.22. The molecule has 3 heteroatoms. The Morgan fingerprint density at radius 2 is 2.00 bits per heavy atom. The highest BCUT2D eigenvalue weighted by Gasteiger charge is 2.01. The number of benzene rings is 1. The van der Waals surface area contributed by atoms with Crippen molar-refractivity contribution in [2.24, 2.45) is 0 Å². The molecule has 15 heavy (non-hydrogen) atoms. The summed E-state index contributed by atoms with van der Waals surface area (Å²) < 4.78 is 0. The van der Waals surface area contributed by atoms with E-state index in [1.165, 1.54) is 0 Å². The Morgan fingerprint density at radius 3 is 2.60 bits per heavy atom. The van der Waals surface area contributed by atoms with Crippen LogP contribution in [0.15, 0.2) is 42.5 Å². The largest absolute Gasteiger partial charge is 0.325 e. The van der Waals surface area contributed by atoms with Crippen molar-refractivity contribution in [2.45, 2.75) is 6.92 Å². The van der Waals surface area contributed by atoms with Crippen molar-refractivity contribution < 1.29 is 4.79 Å². The van der Waals surface area contributed by atoms with Crippen LogP contribution in [0, 0.1) is 0 Å². The zero-order chi connectivity index (χ0) is 11.1. The number of rotatable bonds is 5. The molecule has 0 aromatic heterocycles. The summed E-state index contributed by atoms with van der Waals surface area (Å²) in [5.41, 5.74) is 1.94. The van der Waals surface area contributed by atoms with Crippen LogP contribution in [0.25, 0.3) is 0 Å². The average Bonchev–Trinajstić information content (AvgIpc) is 2.18. The van der Waals surface area contributed by atoms with Gasteiger partial charge < -0.3 is 5.32 Å². The van der Waals surface area contributed by atoms with E-state index in [4.69, 9.17) is 0 Å². The monoisotopic (exact) mass is 221 g/mol. The number of anilines is 1. The lowest BCUT2D eigenvalue weighted by atomic mass is 10.3.